The Morgan fingerprint density at radius 1 is 1.33 bits per heavy atom. The van der Waals surface area contributed by atoms with Gasteiger partial charge in [-0.25, -0.2) is 8.42 Å². The third-order valence-corrected chi connectivity index (χ3v) is 3.46. The molecule has 12 heavy (non-hydrogen) atoms. The number of halogens is 1. The quantitative estimate of drug-likeness (QED) is 0.647. The molecule has 0 aliphatic rings. The molecular formula is C7H13ClO3S. The van der Waals surface area contributed by atoms with E-state index in [1.165, 1.54) is 0 Å². The second-order valence-corrected chi connectivity index (χ2v) is 6.59. The van der Waals surface area contributed by atoms with Crippen molar-refractivity contribution in [1.82, 2.24) is 0 Å². The van der Waals surface area contributed by atoms with Crippen LogP contribution in [0.5, 0.6) is 0 Å². The Morgan fingerprint density at radius 3 is 1.75 bits per heavy atom. The van der Waals surface area contributed by atoms with E-state index < -0.39 is 25.7 Å². The summed E-state index contributed by atoms with van der Waals surface area (Å²) < 4.78 is 20.3. The molecule has 0 amide bonds. The molecule has 0 unspecified atom stereocenters. The maximum Gasteiger partial charge on any atom is 0.193 e. The molecule has 1 atom stereocenters. The largest absolute Gasteiger partial charge is 0.296 e. The minimum Gasteiger partial charge on any atom is -0.296 e. The normalized spacial score (nSPS) is 15.8. The molecule has 0 fully saturated rings. The molecule has 0 saturated heterocycles. The Hall–Kier alpha value is -0.0900. The highest BCUT2D eigenvalue weighted by atomic mass is 35.5. The maximum atomic E-state index is 11.3. The number of alkyl halides is 1. The molecule has 72 valence electrons. The number of hydrogen-bond donors (Lipinski definition) is 0. The molecule has 3 nitrogen and oxygen atoms in total. The molecule has 0 aromatic rings. The predicted octanol–water partition coefficient (Wildman–Crippen LogP) is 1.21. The zero-order chi connectivity index (χ0) is 10.2. The standard InChI is InChI=1S/C7H13ClO3S/c1-7(2,3)5(9)6(8)12(4,10)11/h6H,1-4H3/t6-/m1/s1. The summed E-state index contributed by atoms with van der Waals surface area (Å²) in [7, 11) is -3.47. The van der Waals surface area contributed by atoms with Crippen LogP contribution in [0.4, 0.5) is 0 Å². The van der Waals surface area contributed by atoms with Crippen molar-refractivity contribution in [2.24, 2.45) is 5.41 Å². The first-order valence-corrected chi connectivity index (χ1v) is 5.83. The lowest BCUT2D eigenvalue weighted by molar-refractivity contribution is -0.124. The summed E-state index contributed by atoms with van der Waals surface area (Å²) in [6, 6.07) is 0. The van der Waals surface area contributed by atoms with Gasteiger partial charge in [0.05, 0.1) is 0 Å². The van der Waals surface area contributed by atoms with E-state index in [0.717, 1.165) is 6.26 Å². The van der Waals surface area contributed by atoms with E-state index >= 15 is 0 Å². The first kappa shape index (κ1) is 11.9. The summed E-state index contributed by atoms with van der Waals surface area (Å²) >= 11 is 5.45. The zero-order valence-electron chi connectivity index (χ0n) is 7.59. The van der Waals surface area contributed by atoms with Gasteiger partial charge in [-0.3, -0.25) is 4.79 Å². The van der Waals surface area contributed by atoms with Crippen molar-refractivity contribution in [1.29, 1.82) is 0 Å². The van der Waals surface area contributed by atoms with Gasteiger partial charge in [0.25, 0.3) is 0 Å². The summed E-state index contributed by atoms with van der Waals surface area (Å²) in [5.74, 6) is -0.466. The molecule has 5 heteroatoms. The summed E-state index contributed by atoms with van der Waals surface area (Å²) in [5.41, 5.74) is -0.713. The lowest BCUT2D eigenvalue weighted by atomic mass is 9.92. The molecule has 0 aromatic carbocycles. The minimum absolute atomic E-state index is 0.466. The van der Waals surface area contributed by atoms with Crippen LogP contribution < -0.4 is 0 Å². The number of ketones is 1. The van der Waals surface area contributed by atoms with Crippen molar-refractivity contribution in [2.75, 3.05) is 6.26 Å². The molecule has 0 rings (SSSR count). The van der Waals surface area contributed by atoms with E-state index in [0.29, 0.717) is 0 Å². The van der Waals surface area contributed by atoms with Gasteiger partial charge in [0.2, 0.25) is 0 Å². The first-order valence-electron chi connectivity index (χ1n) is 3.44. The van der Waals surface area contributed by atoms with Gasteiger partial charge in [0, 0.05) is 11.7 Å². The van der Waals surface area contributed by atoms with Crippen LogP contribution in [-0.4, -0.2) is 25.2 Å². The zero-order valence-corrected chi connectivity index (χ0v) is 9.16. The summed E-state index contributed by atoms with van der Waals surface area (Å²) in [6.45, 7) is 4.90. The van der Waals surface area contributed by atoms with E-state index in [4.69, 9.17) is 11.6 Å². The van der Waals surface area contributed by atoms with E-state index in [1.807, 2.05) is 0 Å². The smallest absolute Gasteiger partial charge is 0.193 e. The van der Waals surface area contributed by atoms with Crippen molar-refractivity contribution in [3.05, 3.63) is 0 Å². The number of hydrogen-bond acceptors (Lipinski definition) is 3. The van der Waals surface area contributed by atoms with Crippen molar-refractivity contribution < 1.29 is 13.2 Å². The fraction of sp³-hybridized carbons (Fsp3) is 0.857. The van der Waals surface area contributed by atoms with Gasteiger partial charge in [-0.15, -0.1) is 0 Å². The van der Waals surface area contributed by atoms with Gasteiger partial charge >= 0.3 is 0 Å². The van der Waals surface area contributed by atoms with Gasteiger partial charge in [-0.2, -0.15) is 0 Å². The van der Waals surface area contributed by atoms with E-state index in [2.05, 4.69) is 0 Å². The molecule has 0 aliphatic heterocycles. The average molecular weight is 213 g/mol. The van der Waals surface area contributed by atoms with Crippen LogP contribution in [0.1, 0.15) is 20.8 Å². The molecule has 0 saturated carbocycles. The van der Waals surface area contributed by atoms with Crippen LogP contribution in [0.15, 0.2) is 0 Å². The maximum absolute atomic E-state index is 11.3. The SMILES string of the molecule is CC(C)(C)C(=O)[C@H](Cl)S(C)(=O)=O. The second kappa shape index (κ2) is 3.34. The predicted molar refractivity (Wildman–Crippen MR) is 48.9 cm³/mol. The molecule has 0 bridgehead atoms. The number of carbonyl (C=O) groups is 1. The fourth-order valence-corrected chi connectivity index (χ4v) is 1.60. The summed E-state index contributed by atoms with van der Waals surface area (Å²) in [5, 5.41) is 0. The molecule has 0 N–H and O–H groups in total. The van der Waals surface area contributed by atoms with Crippen molar-refractivity contribution in [3.63, 3.8) is 0 Å². The third kappa shape index (κ3) is 3.11. The van der Waals surface area contributed by atoms with Crippen molar-refractivity contribution in [3.8, 4) is 0 Å². The molecular weight excluding hydrogens is 200 g/mol. The summed E-state index contributed by atoms with van der Waals surface area (Å²) in [6.07, 6.45) is 0.953. The molecule has 0 aliphatic carbocycles. The highest BCUT2D eigenvalue weighted by Gasteiger charge is 2.34. The average Bonchev–Trinajstić information content (AvgIpc) is 1.80. The summed E-state index contributed by atoms with van der Waals surface area (Å²) in [4.78, 5) is 11.3. The van der Waals surface area contributed by atoms with Gasteiger partial charge in [-0.05, 0) is 0 Å². The highest BCUT2D eigenvalue weighted by Crippen LogP contribution is 2.22. The minimum atomic E-state index is -3.47. The molecule has 0 spiro atoms. The number of Topliss-reactive ketones (excluding diaryl/α,β-unsaturated/α-hetero) is 1. The molecule has 0 radical (unpaired) electrons. The van der Waals surface area contributed by atoms with Crippen LogP contribution in [0, 0.1) is 5.41 Å². The van der Waals surface area contributed by atoms with Gasteiger partial charge in [0.1, 0.15) is 0 Å². The third-order valence-electron chi connectivity index (χ3n) is 1.32. The Morgan fingerprint density at radius 2 is 1.67 bits per heavy atom. The van der Waals surface area contributed by atoms with Crippen molar-refractivity contribution >= 4 is 27.2 Å². The van der Waals surface area contributed by atoms with E-state index in [9.17, 15) is 13.2 Å². The van der Waals surface area contributed by atoms with Crippen molar-refractivity contribution in [2.45, 2.75) is 25.5 Å². The topological polar surface area (TPSA) is 51.2 Å². The van der Waals surface area contributed by atoms with Crippen LogP contribution in [0.2, 0.25) is 0 Å². The Balaban J connectivity index is 4.77. The number of rotatable bonds is 2. The lowest BCUT2D eigenvalue weighted by Crippen LogP contribution is -2.33. The molecule has 0 aromatic heterocycles. The van der Waals surface area contributed by atoms with Crippen LogP contribution in [-0.2, 0) is 14.6 Å². The van der Waals surface area contributed by atoms with Gasteiger partial charge in [0.15, 0.2) is 20.3 Å². The highest BCUT2D eigenvalue weighted by molar-refractivity contribution is 7.93. The lowest BCUT2D eigenvalue weighted by Gasteiger charge is -2.18. The van der Waals surface area contributed by atoms with E-state index in [-0.39, 0.29) is 0 Å². The van der Waals surface area contributed by atoms with Gasteiger partial charge in [-0.1, -0.05) is 32.4 Å². The molecule has 0 heterocycles. The second-order valence-electron chi connectivity index (χ2n) is 3.76. The Kier molecular flexibility index (Phi) is 3.32. The van der Waals surface area contributed by atoms with Gasteiger partial charge < -0.3 is 0 Å². The first-order chi connectivity index (χ1) is 5.07. The Labute approximate surface area is 78.0 Å². The fourth-order valence-electron chi connectivity index (χ4n) is 0.535. The van der Waals surface area contributed by atoms with Crippen LogP contribution in [0.25, 0.3) is 0 Å². The monoisotopic (exact) mass is 212 g/mol. The Bertz CT molecular complexity index is 274. The van der Waals surface area contributed by atoms with E-state index in [1.54, 1.807) is 20.8 Å². The van der Waals surface area contributed by atoms with Crippen LogP contribution >= 0.6 is 11.6 Å². The van der Waals surface area contributed by atoms with Crippen LogP contribution in [0.3, 0.4) is 0 Å². The number of sulfone groups is 1. The number of carbonyl (C=O) groups excluding carboxylic acids is 1.